The number of rotatable bonds is 9. The van der Waals surface area contributed by atoms with Crippen LogP contribution in [0.5, 0.6) is 11.5 Å². The molecule has 0 amide bonds. The molecule has 0 bridgehead atoms. The maximum Gasteiger partial charge on any atom is 0.162 e. The van der Waals surface area contributed by atoms with Crippen LogP contribution in [0.3, 0.4) is 0 Å². The second-order valence-corrected chi connectivity index (χ2v) is 5.76. The van der Waals surface area contributed by atoms with Crippen LogP contribution in [0, 0.1) is 17.2 Å². The van der Waals surface area contributed by atoms with E-state index in [9.17, 15) is 0 Å². The normalized spacial score (nSPS) is 11.2. The van der Waals surface area contributed by atoms with E-state index in [1.165, 1.54) is 5.56 Å². The topological polar surface area (TPSA) is 45.5 Å². The van der Waals surface area contributed by atoms with Crippen LogP contribution in [0.1, 0.15) is 12.0 Å². The van der Waals surface area contributed by atoms with Crippen LogP contribution in [0.15, 0.2) is 61.2 Å². The van der Waals surface area contributed by atoms with Crippen LogP contribution in [0.25, 0.3) is 0 Å². The van der Waals surface area contributed by atoms with E-state index in [0.29, 0.717) is 24.5 Å². The molecule has 0 aromatic heterocycles. The second-order valence-electron chi connectivity index (χ2n) is 5.76. The smallest absolute Gasteiger partial charge is 0.162 e. The van der Waals surface area contributed by atoms with Crippen LogP contribution in [0.2, 0.25) is 0 Å². The fourth-order valence-electron chi connectivity index (χ4n) is 2.71. The van der Waals surface area contributed by atoms with Crippen molar-refractivity contribution in [2.75, 3.05) is 25.7 Å². The summed E-state index contributed by atoms with van der Waals surface area (Å²) in [5.41, 5.74) is 2.23. The predicted molar refractivity (Wildman–Crippen MR) is 101 cm³/mol. The summed E-state index contributed by atoms with van der Waals surface area (Å²) in [5.74, 6) is 1.48. The third-order valence-corrected chi connectivity index (χ3v) is 4.09. The second kappa shape index (κ2) is 9.39. The van der Waals surface area contributed by atoms with Crippen molar-refractivity contribution in [1.29, 1.82) is 5.26 Å². The summed E-state index contributed by atoms with van der Waals surface area (Å²) < 4.78 is 10.8. The third kappa shape index (κ3) is 5.02. The van der Waals surface area contributed by atoms with Crippen molar-refractivity contribution in [1.82, 2.24) is 0 Å². The van der Waals surface area contributed by atoms with Crippen LogP contribution >= 0.6 is 0 Å². The molecule has 4 nitrogen and oxygen atoms in total. The number of anilines is 1. The molecule has 130 valence electrons. The van der Waals surface area contributed by atoms with E-state index < -0.39 is 0 Å². The lowest BCUT2D eigenvalue weighted by Gasteiger charge is -2.28. The van der Waals surface area contributed by atoms with E-state index in [1.54, 1.807) is 14.2 Å². The molecule has 1 atom stereocenters. The minimum absolute atomic E-state index is 0.0989. The number of benzene rings is 2. The van der Waals surface area contributed by atoms with Crippen LogP contribution in [0.4, 0.5) is 5.69 Å². The average molecular weight is 336 g/mol. The minimum Gasteiger partial charge on any atom is -0.493 e. The Morgan fingerprint density at radius 3 is 2.44 bits per heavy atom. The van der Waals surface area contributed by atoms with Gasteiger partial charge in [0.05, 0.1) is 20.3 Å². The van der Waals surface area contributed by atoms with Crippen molar-refractivity contribution in [3.05, 3.63) is 66.7 Å². The van der Waals surface area contributed by atoms with E-state index in [4.69, 9.17) is 14.7 Å². The number of nitriles is 1. The summed E-state index contributed by atoms with van der Waals surface area (Å²) in [6, 6.07) is 18.4. The van der Waals surface area contributed by atoms with E-state index in [-0.39, 0.29) is 5.92 Å². The molecule has 0 saturated heterocycles. The van der Waals surface area contributed by atoms with Crippen molar-refractivity contribution >= 4 is 5.69 Å². The standard InChI is InChI=1S/C21H24N2O2/c1-4-17(12-13-22)15-23(16-18-8-6-5-7-9-18)19-10-11-20(24-2)21(14-19)25-3/h4-11,14,17H,1,12,15-16H2,2-3H3. The Morgan fingerprint density at radius 1 is 1.12 bits per heavy atom. The number of hydrogen-bond acceptors (Lipinski definition) is 4. The van der Waals surface area contributed by atoms with Gasteiger partial charge in [-0.2, -0.15) is 5.26 Å². The van der Waals surface area contributed by atoms with Gasteiger partial charge in [-0.25, -0.2) is 0 Å². The first kappa shape index (κ1) is 18.4. The maximum absolute atomic E-state index is 9.04. The Labute approximate surface area is 149 Å². The molecule has 2 aromatic carbocycles. The highest BCUT2D eigenvalue weighted by atomic mass is 16.5. The Bertz CT molecular complexity index is 722. The van der Waals surface area contributed by atoms with Crippen molar-refractivity contribution in [2.24, 2.45) is 5.92 Å². The third-order valence-electron chi connectivity index (χ3n) is 4.09. The van der Waals surface area contributed by atoms with Crippen LogP contribution in [-0.4, -0.2) is 20.8 Å². The molecule has 0 aliphatic heterocycles. The molecule has 2 aromatic rings. The van der Waals surface area contributed by atoms with Crippen molar-refractivity contribution in [2.45, 2.75) is 13.0 Å². The zero-order valence-corrected chi connectivity index (χ0v) is 14.8. The molecular formula is C21H24N2O2. The SMILES string of the molecule is C=CC(CC#N)CN(Cc1ccccc1)c1ccc(OC)c(OC)c1. The van der Waals surface area contributed by atoms with Crippen LogP contribution in [-0.2, 0) is 6.54 Å². The van der Waals surface area contributed by atoms with Gasteiger partial charge in [0, 0.05) is 37.2 Å². The van der Waals surface area contributed by atoms with Gasteiger partial charge in [0.15, 0.2) is 11.5 Å². The summed E-state index contributed by atoms with van der Waals surface area (Å²) in [6.45, 7) is 5.32. The fraction of sp³-hybridized carbons (Fsp3) is 0.286. The molecule has 0 aliphatic rings. The Morgan fingerprint density at radius 2 is 1.84 bits per heavy atom. The first-order valence-electron chi connectivity index (χ1n) is 8.22. The Hall–Kier alpha value is -2.93. The lowest BCUT2D eigenvalue weighted by atomic mass is 10.0. The summed E-state index contributed by atoms with van der Waals surface area (Å²) in [6.07, 6.45) is 2.30. The molecule has 0 saturated carbocycles. The summed E-state index contributed by atoms with van der Waals surface area (Å²) >= 11 is 0. The number of hydrogen-bond donors (Lipinski definition) is 0. The van der Waals surface area contributed by atoms with Gasteiger partial charge in [-0.05, 0) is 17.7 Å². The van der Waals surface area contributed by atoms with E-state index in [0.717, 1.165) is 12.2 Å². The van der Waals surface area contributed by atoms with Gasteiger partial charge in [0.1, 0.15) is 0 Å². The molecule has 1 unspecified atom stereocenters. The minimum atomic E-state index is 0.0989. The lowest BCUT2D eigenvalue weighted by Crippen LogP contribution is -2.28. The number of methoxy groups -OCH3 is 2. The van der Waals surface area contributed by atoms with Gasteiger partial charge < -0.3 is 14.4 Å². The van der Waals surface area contributed by atoms with E-state index in [2.05, 4.69) is 29.7 Å². The van der Waals surface area contributed by atoms with Crippen molar-refractivity contribution in [3.8, 4) is 17.6 Å². The Balaban J connectivity index is 2.33. The largest absolute Gasteiger partial charge is 0.493 e. The summed E-state index contributed by atoms with van der Waals surface area (Å²) in [5, 5.41) is 9.04. The summed E-state index contributed by atoms with van der Waals surface area (Å²) in [4.78, 5) is 2.24. The molecule has 2 rings (SSSR count). The zero-order valence-electron chi connectivity index (χ0n) is 14.8. The molecule has 0 aliphatic carbocycles. The first-order valence-corrected chi connectivity index (χ1v) is 8.22. The lowest BCUT2D eigenvalue weighted by molar-refractivity contribution is 0.355. The molecule has 25 heavy (non-hydrogen) atoms. The van der Waals surface area contributed by atoms with Crippen molar-refractivity contribution < 1.29 is 9.47 Å². The van der Waals surface area contributed by atoms with Gasteiger partial charge in [0.25, 0.3) is 0 Å². The molecule has 0 radical (unpaired) electrons. The zero-order chi connectivity index (χ0) is 18.1. The highest BCUT2D eigenvalue weighted by Gasteiger charge is 2.15. The number of nitrogens with zero attached hydrogens (tertiary/aromatic N) is 2. The average Bonchev–Trinajstić information content (AvgIpc) is 2.67. The van der Waals surface area contributed by atoms with Gasteiger partial charge in [-0.1, -0.05) is 36.4 Å². The molecule has 0 fully saturated rings. The fourth-order valence-corrected chi connectivity index (χ4v) is 2.71. The predicted octanol–water partition coefficient (Wildman–Crippen LogP) is 4.43. The molecule has 4 heteroatoms. The van der Waals surface area contributed by atoms with E-state index >= 15 is 0 Å². The van der Waals surface area contributed by atoms with Gasteiger partial charge in [-0.15, -0.1) is 6.58 Å². The van der Waals surface area contributed by atoms with Crippen molar-refractivity contribution in [3.63, 3.8) is 0 Å². The molecule has 0 N–H and O–H groups in total. The highest BCUT2D eigenvalue weighted by molar-refractivity contribution is 5.56. The number of ether oxygens (including phenoxy) is 2. The van der Waals surface area contributed by atoms with Gasteiger partial charge in [-0.3, -0.25) is 0 Å². The Kier molecular flexibility index (Phi) is 6.91. The molecule has 0 heterocycles. The monoisotopic (exact) mass is 336 g/mol. The van der Waals surface area contributed by atoms with Gasteiger partial charge in [0.2, 0.25) is 0 Å². The van der Waals surface area contributed by atoms with E-state index in [1.807, 2.05) is 42.5 Å². The van der Waals surface area contributed by atoms with Gasteiger partial charge >= 0.3 is 0 Å². The maximum atomic E-state index is 9.04. The highest BCUT2D eigenvalue weighted by Crippen LogP contribution is 2.32. The quantitative estimate of drug-likeness (QED) is 0.636. The molecule has 0 spiro atoms. The van der Waals surface area contributed by atoms with Crippen LogP contribution < -0.4 is 14.4 Å². The molecular weight excluding hydrogens is 312 g/mol. The summed E-state index contributed by atoms with van der Waals surface area (Å²) in [7, 11) is 3.26. The first-order chi connectivity index (χ1) is 12.2.